The summed E-state index contributed by atoms with van der Waals surface area (Å²) in [6, 6.07) is 4.72. The molecule has 0 heterocycles. The molecular formula is C12H16ClNO2. The Kier molecular flexibility index (Phi) is 4.19. The fraction of sp³-hybridized carbons (Fsp3) is 0.417. The summed E-state index contributed by atoms with van der Waals surface area (Å²) in [5.41, 5.74) is 6.43. The molecule has 0 bridgehead atoms. The maximum Gasteiger partial charge on any atom is 0.338 e. The number of carbonyl (C=O) groups excluding carboxylic acids is 1. The maximum atomic E-state index is 11.7. The number of hydrogen-bond acceptors (Lipinski definition) is 3. The third kappa shape index (κ3) is 3.14. The molecule has 1 aromatic rings. The van der Waals surface area contributed by atoms with Gasteiger partial charge >= 0.3 is 5.97 Å². The van der Waals surface area contributed by atoms with E-state index < -0.39 is 0 Å². The van der Waals surface area contributed by atoms with Gasteiger partial charge in [0.25, 0.3) is 0 Å². The second kappa shape index (κ2) is 5.21. The summed E-state index contributed by atoms with van der Waals surface area (Å²) < 4.78 is 5.25. The van der Waals surface area contributed by atoms with Crippen molar-refractivity contribution < 1.29 is 9.53 Å². The number of carbonyl (C=O) groups is 1. The first-order valence-electron chi connectivity index (χ1n) is 5.18. The molecule has 1 aromatic carbocycles. The normalized spacial score (nSPS) is 12.6. The van der Waals surface area contributed by atoms with Gasteiger partial charge in [-0.05, 0) is 31.0 Å². The zero-order valence-electron chi connectivity index (χ0n) is 9.66. The first-order chi connectivity index (χ1) is 7.41. The minimum absolute atomic E-state index is 0.121. The third-order valence-electron chi connectivity index (χ3n) is 2.47. The van der Waals surface area contributed by atoms with Crippen LogP contribution in [0.3, 0.4) is 0 Å². The van der Waals surface area contributed by atoms with Crippen molar-refractivity contribution in [2.24, 2.45) is 5.92 Å². The predicted octanol–water partition coefficient (Wildman–Crippen LogP) is 3.12. The van der Waals surface area contributed by atoms with Crippen LogP contribution in [0.25, 0.3) is 0 Å². The van der Waals surface area contributed by atoms with E-state index in [1.807, 2.05) is 20.8 Å². The molecule has 2 N–H and O–H groups in total. The van der Waals surface area contributed by atoms with E-state index in [4.69, 9.17) is 22.1 Å². The highest BCUT2D eigenvalue weighted by Gasteiger charge is 2.15. The molecule has 0 aromatic heterocycles. The van der Waals surface area contributed by atoms with Crippen LogP contribution in [-0.2, 0) is 4.74 Å². The van der Waals surface area contributed by atoms with Gasteiger partial charge in [-0.3, -0.25) is 0 Å². The quantitative estimate of drug-likeness (QED) is 0.654. The van der Waals surface area contributed by atoms with Crippen molar-refractivity contribution in [3.05, 3.63) is 28.8 Å². The molecular weight excluding hydrogens is 226 g/mol. The van der Waals surface area contributed by atoms with Gasteiger partial charge < -0.3 is 10.5 Å². The Bertz CT molecular complexity index is 391. The molecule has 0 aliphatic heterocycles. The minimum atomic E-state index is -0.372. The van der Waals surface area contributed by atoms with Crippen molar-refractivity contribution in [3.8, 4) is 0 Å². The summed E-state index contributed by atoms with van der Waals surface area (Å²) in [5.74, 6) is -0.0868. The lowest BCUT2D eigenvalue weighted by Gasteiger charge is -2.16. The van der Waals surface area contributed by atoms with E-state index in [2.05, 4.69) is 0 Å². The van der Waals surface area contributed by atoms with E-state index in [0.717, 1.165) is 0 Å². The number of hydrogen-bond donors (Lipinski definition) is 1. The number of rotatable bonds is 3. The van der Waals surface area contributed by atoms with Crippen LogP contribution in [0, 0.1) is 5.92 Å². The molecule has 3 nitrogen and oxygen atoms in total. The highest BCUT2D eigenvalue weighted by Crippen LogP contribution is 2.20. The average molecular weight is 242 g/mol. The number of ether oxygens (including phenoxy) is 1. The second-order valence-electron chi connectivity index (χ2n) is 4.09. The van der Waals surface area contributed by atoms with Gasteiger partial charge in [-0.25, -0.2) is 4.79 Å². The SMILES string of the molecule is CC(C)C(C)OC(=O)c1ccc(N)c(Cl)c1. The first-order valence-corrected chi connectivity index (χ1v) is 5.55. The lowest BCUT2D eigenvalue weighted by molar-refractivity contribution is 0.0238. The Morgan fingerprint density at radius 1 is 1.38 bits per heavy atom. The molecule has 0 amide bonds. The maximum absolute atomic E-state index is 11.7. The van der Waals surface area contributed by atoms with Crippen LogP contribution in [0.5, 0.6) is 0 Å². The van der Waals surface area contributed by atoms with E-state index in [0.29, 0.717) is 16.3 Å². The fourth-order valence-electron chi connectivity index (χ4n) is 1.03. The fourth-order valence-corrected chi connectivity index (χ4v) is 1.21. The largest absolute Gasteiger partial charge is 0.459 e. The number of benzene rings is 1. The van der Waals surface area contributed by atoms with Gasteiger partial charge in [0, 0.05) is 0 Å². The summed E-state index contributed by atoms with van der Waals surface area (Å²) in [5, 5.41) is 0.367. The highest BCUT2D eigenvalue weighted by atomic mass is 35.5. The predicted molar refractivity (Wildman–Crippen MR) is 65.6 cm³/mol. The molecule has 88 valence electrons. The van der Waals surface area contributed by atoms with Crippen LogP contribution < -0.4 is 5.73 Å². The van der Waals surface area contributed by atoms with Gasteiger partial charge in [-0.2, -0.15) is 0 Å². The second-order valence-corrected chi connectivity index (χ2v) is 4.50. The van der Waals surface area contributed by atoms with Gasteiger partial charge in [0.2, 0.25) is 0 Å². The van der Waals surface area contributed by atoms with Crippen LogP contribution >= 0.6 is 11.6 Å². The molecule has 0 radical (unpaired) electrons. The molecule has 16 heavy (non-hydrogen) atoms. The van der Waals surface area contributed by atoms with E-state index in [1.165, 1.54) is 6.07 Å². The molecule has 0 fully saturated rings. The molecule has 1 atom stereocenters. The van der Waals surface area contributed by atoms with Crippen molar-refractivity contribution in [3.63, 3.8) is 0 Å². The molecule has 0 aliphatic carbocycles. The van der Waals surface area contributed by atoms with Crippen LogP contribution in [0.15, 0.2) is 18.2 Å². The molecule has 1 unspecified atom stereocenters. The highest BCUT2D eigenvalue weighted by molar-refractivity contribution is 6.33. The van der Waals surface area contributed by atoms with Gasteiger partial charge in [0.05, 0.1) is 16.3 Å². The Hall–Kier alpha value is -1.22. The topological polar surface area (TPSA) is 52.3 Å². The van der Waals surface area contributed by atoms with Gasteiger partial charge in [0.15, 0.2) is 0 Å². The van der Waals surface area contributed by atoms with Gasteiger partial charge in [-0.15, -0.1) is 0 Å². The molecule has 0 spiro atoms. The van der Waals surface area contributed by atoms with Crippen molar-refractivity contribution in [2.45, 2.75) is 26.9 Å². The summed E-state index contributed by atoms with van der Waals surface area (Å²) in [7, 11) is 0. The van der Waals surface area contributed by atoms with Crippen LogP contribution in [0.4, 0.5) is 5.69 Å². The summed E-state index contributed by atoms with van der Waals surface area (Å²) in [4.78, 5) is 11.7. The zero-order chi connectivity index (χ0) is 12.3. The van der Waals surface area contributed by atoms with Crippen molar-refractivity contribution in [2.75, 3.05) is 5.73 Å². The Labute approximate surface area is 101 Å². The summed E-state index contributed by atoms with van der Waals surface area (Å²) >= 11 is 5.82. The number of nitrogens with two attached hydrogens (primary N) is 1. The van der Waals surface area contributed by atoms with Crippen molar-refractivity contribution >= 4 is 23.3 Å². The summed E-state index contributed by atoms with van der Waals surface area (Å²) in [6.45, 7) is 5.85. The van der Waals surface area contributed by atoms with Gasteiger partial charge in [0.1, 0.15) is 6.10 Å². The molecule has 0 saturated carbocycles. The first kappa shape index (κ1) is 12.8. The monoisotopic (exact) mass is 241 g/mol. The smallest absolute Gasteiger partial charge is 0.338 e. The van der Waals surface area contributed by atoms with E-state index in [1.54, 1.807) is 12.1 Å². The lowest BCUT2D eigenvalue weighted by Crippen LogP contribution is -2.20. The number of anilines is 1. The minimum Gasteiger partial charge on any atom is -0.459 e. The van der Waals surface area contributed by atoms with Crippen molar-refractivity contribution in [1.82, 2.24) is 0 Å². The standard InChI is InChI=1S/C12H16ClNO2/c1-7(2)8(3)16-12(15)9-4-5-11(14)10(13)6-9/h4-8H,14H2,1-3H3. The van der Waals surface area contributed by atoms with Crippen LogP contribution in [0.1, 0.15) is 31.1 Å². The number of halogens is 1. The third-order valence-corrected chi connectivity index (χ3v) is 2.80. The Balaban J connectivity index is 2.77. The Morgan fingerprint density at radius 2 is 2.00 bits per heavy atom. The van der Waals surface area contributed by atoms with E-state index >= 15 is 0 Å². The zero-order valence-corrected chi connectivity index (χ0v) is 10.4. The summed E-state index contributed by atoms with van der Waals surface area (Å²) in [6.07, 6.45) is -0.121. The lowest BCUT2D eigenvalue weighted by atomic mass is 10.1. The Morgan fingerprint density at radius 3 is 2.50 bits per heavy atom. The average Bonchev–Trinajstić information content (AvgIpc) is 2.21. The molecule has 1 rings (SSSR count). The number of esters is 1. The van der Waals surface area contributed by atoms with Crippen LogP contribution in [-0.4, -0.2) is 12.1 Å². The van der Waals surface area contributed by atoms with Crippen molar-refractivity contribution in [1.29, 1.82) is 0 Å². The molecule has 0 saturated heterocycles. The van der Waals surface area contributed by atoms with E-state index in [-0.39, 0.29) is 18.0 Å². The van der Waals surface area contributed by atoms with E-state index in [9.17, 15) is 4.79 Å². The number of nitrogen functional groups attached to an aromatic ring is 1. The molecule has 0 aliphatic rings. The molecule has 4 heteroatoms. The van der Waals surface area contributed by atoms with Gasteiger partial charge in [-0.1, -0.05) is 25.4 Å². The van der Waals surface area contributed by atoms with Crippen LogP contribution in [0.2, 0.25) is 5.02 Å².